The zero-order chi connectivity index (χ0) is 15.7. The molecule has 2 N–H and O–H groups in total. The van der Waals surface area contributed by atoms with E-state index in [0.717, 1.165) is 13.0 Å². The van der Waals surface area contributed by atoms with Crippen molar-refractivity contribution < 1.29 is 4.79 Å². The van der Waals surface area contributed by atoms with Gasteiger partial charge in [0.25, 0.3) is 0 Å². The number of nitrogens with two attached hydrogens (primary N) is 1. The number of carbonyl (C=O) groups excluding carboxylic acids is 1. The third-order valence-electron chi connectivity index (χ3n) is 4.79. The summed E-state index contributed by atoms with van der Waals surface area (Å²) >= 11 is 0. The lowest BCUT2D eigenvalue weighted by Gasteiger charge is -2.41. The van der Waals surface area contributed by atoms with Crippen molar-refractivity contribution in [1.82, 2.24) is 4.90 Å². The lowest BCUT2D eigenvalue weighted by Crippen LogP contribution is -2.57. The van der Waals surface area contributed by atoms with E-state index in [0.29, 0.717) is 6.54 Å². The Balaban J connectivity index is 2.11. The zero-order valence-corrected chi connectivity index (χ0v) is 13.5. The molecule has 2 rings (SSSR count). The van der Waals surface area contributed by atoms with Crippen molar-refractivity contribution in [2.24, 2.45) is 11.1 Å². The molecule has 1 amide bonds. The van der Waals surface area contributed by atoms with Gasteiger partial charge in [0.15, 0.2) is 0 Å². The second kappa shape index (κ2) is 5.64. The van der Waals surface area contributed by atoms with Crippen molar-refractivity contribution in [3.8, 4) is 0 Å². The molecular formula is C18H26N2O. The number of hydrogen-bond acceptors (Lipinski definition) is 2. The summed E-state index contributed by atoms with van der Waals surface area (Å²) in [6, 6.07) is 10.4. The highest BCUT2D eigenvalue weighted by atomic mass is 16.2. The van der Waals surface area contributed by atoms with Crippen LogP contribution >= 0.6 is 0 Å². The minimum atomic E-state index is -0.564. The van der Waals surface area contributed by atoms with Crippen molar-refractivity contribution in [3.63, 3.8) is 0 Å². The molecule has 21 heavy (non-hydrogen) atoms. The molecule has 0 saturated carbocycles. The largest absolute Gasteiger partial charge is 0.338 e. The predicted octanol–water partition coefficient (Wildman–Crippen LogP) is 3.07. The molecule has 0 fully saturated rings. The van der Waals surface area contributed by atoms with Crippen LogP contribution in [0.4, 0.5) is 0 Å². The van der Waals surface area contributed by atoms with E-state index in [1.807, 2.05) is 50.8 Å². The average molecular weight is 286 g/mol. The third-order valence-corrected chi connectivity index (χ3v) is 4.79. The van der Waals surface area contributed by atoms with Crippen molar-refractivity contribution in [2.75, 3.05) is 13.1 Å². The van der Waals surface area contributed by atoms with Crippen LogP contribution in [0.15, 0.2) is 36.4 Å². The van der Waals surface area contributed by atoms with Crippen molar-refractivity contribution in [3.05, 3.63) is 42.0 Å². The first kappa shape index (κ1) is 15.8. The van der Waals surface area contributed by atoms with Crippen LogP contribution in [-0.4, -0.2) is 29.4 Å². The van der Waals surface area contributed by atoms with Gasteiger partial charge in [-0.15, -0.1) is 0 Å². The molecule has 0 aliphatic carbocycles. The van der Waals surface area contributed by atoms with Crippen LogP contribution in [0.3, 0.4) is 0 Å². The molecule has 1 aliphatic heterocycles. The summed E-state index contributed by atoms with van der Waals surface area (Å²) in [4.78, 5) is 14.6. The summed E-state index contributed by atoms with van der Waals surface area (Å²) < 4.78 is 0. The first-order valence-corrected chi connectivity index (χ1v) is 7.56. The quantitative estimate of drug-likeness (QED) is 0.928. The molecule has 0 aromatic heterocycles. The van der Waals surface area contributed by atoms with Crippen LogP contribution in [0, 0.1) is 5.41 Å². The minimum absolute atomic E-state index is 0.137. The molecule has 0 radical (unpaired) electrons. The van der Waals surface area contributed by atoms with Crippen LogP contribution in [0.25, 0.3) is 5.57 Å². The first-order chi connectivity index (χ1) is 9.73. The van der Waals surface area contributed by atoms with E-state index < -0.39 is 11.0 Å². The number of benzene rings is 1. The van der Waals surface area contributed by atoms with E-state index in [1.165, 1.54) is 11.1 Å². The van der Waals surface area contributed by atoms with Gasteiger partial charge in [0.1, 0.15) is 0 Å². The summed E-state index contributed by atoms with van der Waals surface area (Å²) in [5.74, 6) is 0.137. The number of amides is 1. The van der Waals surface area contributed by atoms with Crippen molar-refractivity contribution in [1.29, 1.82) is 0 Å². The van der Waals surface area contributed by atoms with Gasteiger partial charge in [-0.05, 0) is 45.3 Å². The SMILES string of the molecule is CC(C)(N)C(C)(C)C(=O)N1CC=C(c2ccccc2)CC1. The Kier molecular flexibility index (Phi) is 4.24. The average Bonchev–Trinajstić information content (AvgIpc) is 2.46. The summed E-state index contributed by atoms with van der Waals surface area (Å²) in [6.07, 6.45) is 3.06. The molecule has 114 valence electrons. The van der Waals surface area contributed by atoms with Crippen LogP contribution in [0.5, 0.6) is 0 Å². The number of carbonyl (C=O) groups is 1. The highest BCUT2D eigenvalue weighted by molar-refractivity contribution is 5.84. The molecule has 1 aromatic carbocycles. The summed E-state index contributed by atoms with van der Waals surface area (Å²) in [5.41, 5.74) is 7.65. The molecule has 1 aliphatic rings. The van der Waals surface area contributed by atoms with Gasteiger partial charge >= 0.3 is 0 Å². The zero-order valence-electron chi connectivity index (χ0n) is 13.5. The van der Waals surface area contributed by atoms with Gasteiger partial charge in [-0.3, -0.25) is 4.79 Å². The Morgan fingerprint density at radius 1 is 1.14 bits per heavy atom. The Morgan fingerprint density at radius 3 is 2.24 bits per heavy atom. The smallest absolute Gasteiger partial charge is 0.230 e. The molecule has 3 nitrogen and oxygen atoms in total. The van der Waals surface area contributed by atoms with Gasteiger partial charge in [0, 0.05) is 18.6 Å². The minimum Gasteiger partial charge on any atom is -0.338 e. The Bertz CT molecular complexity index is 538. The molecule has 1 aromatic rings. The fraction of sp³-hybridized carbons (Fsp3) is 0.500. The first-order valence-electron chi connectivity index (χ1n) is 7.56. The molecule has 1 heterocycles. The molecule has 0 spiro atoms. The van der Waals surface area contributed by atoms with Gasteiger partial charge in [-0.1, -0.05) is 36.4 Å². The molecule has 0 atom stereocenters. The standard InChI is InChI=1S/C18H26N2O/c1-17(2,18(3,4)19)16(21)20-12-10-15(11-13-20)14-8-6-5-7-9-14/h5-10H,11-13,19H2,1-4H3. The van der Waals surface area contributed by atoms with Gasteiger partial charge < -0.3 is 10.6 Å². The lowest BCUT2D eigenvalue weighted by molar-refractivity contribution is -0.143. The van der Waals surface area contributed by atoms with Gasteiger partial charge in [0.05, 0.1) is 5.41 Å². The maximum absolute atomic E-state index is 12.7. The Hall–Kier alpha value is -1.61. The van der Waals surface area contributed by atoms with Gasteiger partial charge in [-0.25, -0.2) is 0 Å². The number of nitrogens with zero attached hydrogens (tertiary/aromatic N) is 1. The monoisotopic (exact) mass is 286 g/mol. The Labute approximate surface area is 127 Å². The van der Waals surface area contributed by atoms with Gasteiger partial charge in [-0.2, -0.15) is 0 Å². The van der Waals surface area contributed by atoms with Crippen molar-refractivity contribution in [2.45, 2.75) is 39.7 Å². The second-order valence-electron chi connectivity index (χ2n) is 6.94. The normalized spacial score (nSPS) is 16.6. The highest BCUT2D eigenvalue weighted by Gasteiger charge is 2.42. The molecule has 0 bridgehead atoms. The van der Waals surface area contributed by atoms with Crippen molar-refractivity contribution >= 4 is 11.5 Å². The maximum Gasteiger partial charge on any atom is 0.230 e. The van der Waals surface area contributed by atoms with E-state index in [-0.39, 0.29) is 5.91 Å². The van der Waals surface area contributed by atoms with Crippen LogP contribution < -0.4 is 5.73 Å². The van der Waals surface area contributed by atoms with E-state index in [9.17, 15) is 4.79 Å². The van der Waals surface area contributed by atoms with Crippen LogP contribution in [0.1, 0.15) is 39.7 Å². The fourth-order valence-corrected chi connectivity index (χ4v) is 2.44. The van der Waals surface area contributed by atoms with Gasteiger partial charge in [0.2, 0.25) is 5.91 Å². The van der Waals surface area contributed by atoms with E-state index >= 15 is 0 Å². The molecular weight excluding hydrogens is 260 g/mol. The van der Waals surface area contributed by atoms with E-state index in [4.69, 9.17) is 5.73 Å². The highest BCUT2D eigenvalue weighted by Crippen LogP contribution is 2.32. The summed E-state index contributed by atoms with van der Waals surface area (Å²) in [5, 5.41) is 0. The Morgan fingerprint density at radius 2 is 1.76 bits per heavy atom. The predicted molar refractivity (Wildman–Crippen MR) is 87.7 cm³/mol. The second-order valence-corrected chi connectivity index (χ2v) is 6.94. The van der Waals surface area contributed by atoms with Crippen LogP contribution in [-0.2, 0) is 4.79 Å². The fourth-order valence-electron chi connectivity index (χ4n) is 2.44. The van der Waals surface area contributed by atoms with E-state index in [2.05, 4.69) is 18.2 Å². The lowest BCUT2D eigenvalue weighted by atomic mass is 9.74. The third kappa shape index (κ3) is 3.18. The molecule has 0 unspecified atom stereocenters. The molecule has 0 saturated heterocycles. The topological polar surface area (TPSA) is 46.3 Å². The summed E-state index contributed by atoms with van der Waals surface area (Å²) in [7, 11) is 0. The number of rotatable bonds is 3. The number of hydrogen-bond donors (Lipinski definition) is 1. The van der Waals surface area contributed by atoms with Crippen LogP contribution in [0.2, 0.25) is 0 Å². The summed E-state index contributed by atoms with van der Waals surface area (Å²) in [6.45, 7) is 9.14. The maximum atomic E-state index is 12.7. The molecule has 3 heteroatoms. The van der Waals surface area contributed by atoms with E-state index in [1.54, 1.807) is 0 Å².